The number of hydrogen-bond acceptors (Lipinski definition) is 7. The van der Waals surface area contributed by atoms with E-state index >= 15 is 0 Å². The van der Waals surface area contributed by atoms with Gasteiger partial charge >= 0.3 is 0 Å². The lowest BCUT2D eigenvalue weighted by atomic mass is 10.0. The van der Waals surface area contributed by atoms with E-state index in [1.54, 1.807) is 6.20 Å². The quantitative estimate of drug-likeness (QED) is 0.0210. The first-order chi connectivity index (χ1) is 32.1. The van der Waals surface area contributed by atoms with Crippen molar-refractivity contribution in [1.82, 2.24) is 31.2 Å². The van der Waals surface area contributed by atoms with Crippen LogP contribution in [0.15, 0.2) is 60.9 Å². The first-order valence-corrected chi connectivity index (χ1v) is 25.1. The molecule has 0 aliphatic carbocycles. The molecule has 12 N–H and O–H groups in total. The number of benzene rings is 2. The van der Waals surface area contributed by atoms with E-state index in [0.717, 1.165) is 58.6 Å². The van der Waals surface area contributed by atoms with Gasteiger partial charge in [0.2, 0.25) is 29.5 Å². The molecule has 2 aromatic carbocycles. The van der Waals surface area contributed by atoms with Crippen molar-refractivity contribution < 1.29 is 24.0 Å². The van der Waals surface area contributed by atoms with Crippen LogP contribution in [0.5, 0.6) is 0 Å². The number of para-hydroxylation sites is 2. The third-order valence-corrected chi connectivity index (χ3v) is 12.7. The summed E-state index contributed by atoms with van der Waals surface area (Å²) in [6, 6.07) is 11.2. The van der Waals surface area contributed by atoms with E-state index in [1.807, 2.05) is 54.7 Å². The van der Waals surface area contributed by atoms with Gasteiger partial charge in [0.05, 0.1) is 0 Å². The first-order valence-electron chi connectivity index (χ1n) is 25.1. The molecule has 0 radical (unpaired) electrons. The normalized spacial score (nSPS) is 13.3. The van der Waals surface area contributed by atoms with Gasteiger partial charge in [-0.05, 0) is 81.3 Å². The zero-order valence-corrected chi connectivity index (χ0v) is 39.7. The van der Waals surface area contributed by atoms with Crippen molar-refractivity contribution in [3.63, 3.8) is 0 Å². The molecule has 0 unspecified atom stereocenters. The molecule has 0 saturated heterocycles. The zero-order chi connectivity index (χ0) is 47.4. The lowest BCUT2D eigenvalue weighted by Crippen LogP contribution is -2.58. The number of carbonyl (C=O) groups excluding carboxylic acids is 5. The third kappa shape index (κ3) is 18.9. The van der Waals surface area contributed by atoms with Gasteiger partial charge in [-0.15, -0.1) is 0 Å². The predicted octanol–water partition coefficient (Wildman–Crippen LogP) is 7.38. The van der Waals surface area contributed by atoms with Crippen molar-refractivity contribution >= 4 is 51.3 Å². The number of amides is 5. The molecular weight excluding hydrogens is 831 g/mol. The van der Waals surface area contributed by atoms with E-state index in [0.29, 0.717) is 51.6 Å². The molecule has 66 heavy (non-hydrogen) atoms. The Labute approximate surface area is 392 Å². The minimum Gasteiger partial charge on any atom is -0.368 e. The summed E-state index contributed by atoms with van der Waals surface area (Å²) in [7, 11) is 0. The minimum absolute atomic E-state index is 0.103. The number of H-pyrrole nitrogens is 2. The van der Waals surface area contributed by atoms with Crippen LogP contribution in [0, 0.1) is 0 Å². The molecule has 364 valence electrons. The minimum atomic E-state index is -1.12. The van der Waals surface area contributed by atoms with Crippen LogP contribution in [0.4, 0.5) is 0 Å². The highest BCUT2D eigenvalue weighted by atomic mass is 16.2. The second-order valence-corrected chi connectivity index (χ2v) is 18.1. The summed E-state index contributed by atoms with van der Waals surface area (Å²) in [4.78, 5) is 75.1. The Bertz CT molecular complexity index is 2050. The van der Waals surface area contributed by atoms with Gasteiger partial charge in [0.15, 0.2) is 0 Å². The third-order valence-electron chi connectivity index (χ3n) is 12.7. The number of carbonyl (C=O) groups is 5. The van der Waals surface area contributed by atoms with Crippen molar-refractivity contribution in [2.75, 3.05) is 13.1 Å². The lowest BCUT2D eigenvalue weighted by molar-refractivity contribution is -0.134. The van der Waals surface area contributed by atoms with Crippen LogP contribution < -0.4 is 38.5 Å². The van der Waals surface area contributed by atoms with Gasteiger partial charge in [-0.2, -0.15) is 0 Å². The average Bonchev–Trinajstić information content (AvgIpc) is 3.92. The summed E-state index contributed by atoms with van der Waals surface area (Å²) in [5.74, 6) is -2.57. The monoisotopic (exact) mass is 912 g/mol. The summed E-state index contributed by atoms with van der Waals surface area (Å²) in [6.45, 7) is 3.09. The Morgan fingerprint density at radius 2 is 0.879 bits per heavy atom. The highest BCUT2D eigenvalue weighted by molar-refractivity contribution is 5.96. The van der Waals surface area contributed by atoms with Crippen LogP contribution in [-0.4, -0.2) is 76.8 Å². The van der Waals surface area contributed by atoms with Crippen LogP contribution in [0.1, 0.15) is 159 Å². The summed E-state index contributed by atoms with van der Waals surface area (Å²) in [5.41, 5.74) is 20.8. The Morgan fingerprint density at radius 3 is 1.35 bits per heavy atom. The molecule has 0 aliphatic rings. The van der Waals surface area contributed by atoms with Crippen molar-refractivity contribution in [1.29, 1.82) is 0 Å². The van der Waals surface area contributed by atoms with Crippen molar-refractivity contribution in [3.8, 4) is 0 Å². The number of hydrogen-bond donors (Lipinski definition) is 9. The predicted molar refractivity (Wildman–Crippen MR) is 266 cm³/mol. The molecule has 2 aromatic heterocycles. The number of rotatable bonds is 36. The smallest absolute Gasteiger partial charge is 0.243 e. The second kappa shape index (κ2) is 30.9. The fourth-order valence-corrected chi connectivity index (χ4v) is 8.74. The average molecular weight is 912 g/mol. The van der Waals surface area contributed by atoms with E-state index in [2.05, 4.69) is 38.2 Å². The number of nitrogens with two attached hydrogens (primary N) is 3. The summed E-state index contributed by atoms with van der Waals surface area (Å²) >= 11 is 0. The Morgan fingerprint density at radius 1 is 0.485 bits per heavy atom. The molecule has 4 aromatic rings. The number of fused-ring (bicyclic) bond motifs is 2. The fourth-order valence-electron chi connectivity index (χ4n) is 8.74. The lowest BCUT2D eigenvalue weighted by Gasteiger charge is -2.26. The summed E-state index contributed by atoms with van der Waals surface area (Å²) in [5, 5.41) is 13.4. The molecule has 0 bridgehead atoms. The van der Waals surface area contributed by atoms with Gasteiger partial charge in [-0.25, -0.2) is 0 Å². The number of unbranched alkanes of at least 4 members (excludes halogenated alkanes) is 16. The maximum atomic E-state index is 14.4. The van der Waals surface area contributed by atoms with Gasteiger partial charge in [-0.1, -0.05) is 133 Å². The van der Waals surface area contributed by atoms with Gasteiger partial charge in [0, 0.05) is 53.5 Å². The Kier molecular flexibility index (Phi) is 25.0. The maximum Gasteiger partial charge on any atom is 0.243 e. The standard InChI is InChI=1S/C52H81N9O5/c1-2-3-4-5-6-7-8-9-10-11-12-13-14-15-16-31-48(62)58-44(29-21-23-32-53)50(64)61-47(35-39-37-57-43-28-20-18-26-41(39)43)52(66)59-45(30-22-24-33-54)51(65)60-46(49(55)63)34-38-36-56-42-27-19-17-25-40(38)42/h17-20,25-28,36-37,44-47,56-57H,2-16,21-24,29-35,53-54H2,1H3,(H2,55,63)(H,58,62)(H,59,66)(H,60,65)(H,61,64)/t44-,45-,46-,47-/m0/s1. The highest BCUT2D eigenvalue weighted by Crippen LogP contribution is 2.21. The topological polar surface area (TPSA) is 243 Å². The van der Waals surface area contributed by atoms with E-state index < -0.39 is 47.8 Å². The number of nitrogens with one attached hydrogen (secondary N) is 6. The Hall–Kier alpha value is -5.21. The van der Waals surface area contributed by atoms with Crippen LogP contribution >= 0.6 is 0 Å². The molecule has 0 spiro atoms. The van der Waals surface area contributed by atoms with Gasteiger partial charge < -0.3 is 48.4 Å². The number of primary amides is 1. The van der Waals surface area contributed by atoms with E-state index in [-0.39, 0.29) is 25.2 Å². The summed E-state index contributed by atoms with van der Waals surface area (Å²) in [6.07, 6.45) is 25.6. The van der Waals surface area contributed by atoms with Crippen LogP contribution in [0.3, 0.4) is 0 Å². The van der Waals surface area contributed by atoms with Gasteiger partial charge in [0.25, 0.3) is 0 Å². The first kappa shape index (κ1) is 53.4. The fraction of sp³-hybridized carbons (Fsp3) is 0.596. The Balaban J connectivity index is 1.38. The van der Waals surface area contributed by atoms with Gasteiger partial charge in [0.1, 0.15) is 24.2 Å². The molecule has 4 atom stereocenters. The van der Waals surface area contributed by atoms with Crippen molar-refractivity contribution in [2.24, 2.45) is 17.2 Å². The largest absolute Gasteiger partial charge is 0.368 e. The van der Waals surface area contributed by atoms with Crippen molar-refractivity contribution in [3.05, 3.63) is 72.1 Å². The number of aromatic amines is 2. The molecule has 14 nitrogen and oxygen atoms in total. The van der Waals surface area contributed by atoms with Crippen LogP contribution in [-0.2, 0) is 36.8 Å². The highest BCUT2D eigenvalue weighted by Gasteiger charge is 2.32. The molecule has 5 amide bonds. The maximum absolute atomic E-state index is 14.4. The van der Waals surface area contributed by atoms with E-state index in [1.165, 1.54) is 70.6 Å². The van der Waals surface area contributed by atoms with E-state index in [9.17, 15) is 24.0 Å². The SMILES string of the molecule is CCCCCCCCCCCCCCCCCC(=O)N[C@@H](CCCCN)C(=O)N[C@@H](Cc1c[nH]c2ccccc12)C(=O)N[C@@H](CCCCN)C(=O)N[C@@H](Cc1c[nH]c2ccccc12)C(N)=O. The van der Waals surface area contributed by atoms with Crippen molar-refractivity contribution in [2.45, 2.75) is 185 Å². The van der Waals surface area contributed by atoms with E-state index in [4.69, 9.17) is 17.2 Å². The molecule has 14 heteroatoms. The molecule has 4 rings (SSSR count). The second-order valence-electron chi connectivity index (χ2n) is 18.1. The molecule has 0 fully saturated rings. The van der Waals surface area contributed by atoms with Crippen LogP contribution in [0.2, 0.25) is 0 Å². The number of aromatic nitrogens is 2. The molecule has 0 saturated carbocycles. The zero-order valence-electron chi connectivity index (χ0n) is 39.7. The molecule has 2 heterocycles. The molecular formula is C52H81N9O5. The van der Waals surface area contributed by atoms with Crippen LogP contribution in [0.25, 0.3) is 21.8 Å². The van der Waals surface area contributed by atoms with Gasteiger partial charge in [-0.3, -0.25) is 24.0 Å². The molecule has 0 aliphatic heterocycles. The summed E-state index contributed by atoms with van der Waals surface area (Å²) < 4.78 is 0.